The molecule has 5 nitrogen and oxygen atoms in total. The van der Waals surface area contributed by atoms with Crippen LogP contribution in [0.5, 0.6) is 0 Å². The number of rotatable bonds is 6. The van der Waals surface area contributed by atoms with Crippen LogP contribution in [0, 0.1) is 0 Å². The summed E-state index contributed by atoms with van der Waals surface area (Å²) < 4.78 is 0. The number of hydrogen-bond donors (Lipinski definition) is 1. The van der Waals surface area contributed by atoms with Gasteiger partial charge in [-0.05, 0) is 31.7 Å². The summed E-state index contributed by atoms with van der Waals surface area (Å²) in [5.74, 6) is 0. The second kappa shape index (κ2) is 6.42. The molecule has 0 saturated carbocycles. The summed E-state index contributed by atoms with van der Waals surface area (Å²) in [4.78, 5) is 6.23. The van der Waals surface area contributed by atoms with Crippen LogP contribution in [-0.2, 0) is 13.1 Å². The molecule has 0 aliphatic rings. The van der Waals surface area contributed by atoms with Gasteiger partial charge >= 0.3 is 0 Å². The van der Waals surface area contributed by atoms with Gasteiger partial charge in [0.1, 0.15) is 5.01 Å². The molecule has 0 unspecified atom stereocenters. The van der Waals surface area contributed by atoms with E-state index in [0.717, 1.165) is 29.8 Å². The zero-order valence-electron chi connectivity index (χ0n) is 10.6. The lowest BCUT2D eigenvalue weighted by molar-refractivity contribution is 0.317. The Balaban J connectivity index is 1.88. The Bertz CT molecular complexity index is 470. The first-order chi connectivity index (χ1) is 8.78. The van der Waals surface area contributed by atoms with E-state index >= 15 is 0 Å². The molecule has 2 aromatic rings. The standard InChI is InChI=1S/C12H17N5S/c1-3-14-12-16-15-11(18-12)9-17(2)8-10-4-6-13-7-5-10/h4-7H,3,8-9H2,1-2H3,(H,14,16). The summed E-state index contributed by atoms with van der Waals surface area (Å²) in [6.07, 6.45) is 3.63. The third-order valence-corrected chi connectivity index (χ3v) is 3.27. The molecule has 0 aliphatic carbocycles. The molecule has 0 amide bonds. The SMILES string of the molecule is CCNc1nnc(CN(C)Cc2ccncc2)s1. The van der Waals surface area contributed by atoms with Crippen molar-refractivity contribution in [1.82, 2.24) is 20.1 Å². The lowest BCUT2D eigenvalue weighted by atomic mass is 10.2. The number of nitrogens with one attached hydrogen (secondary N) is 1. The molecule has 96 valence electrons. The maximum atomic E-state index is 4.17. The van der Waals surface area contributed by atoms with Crippen LogP contribution < -0.4 is 5.32 Å². The molecule has 18 heavy (non-hydrogen) atoms. The van der Waals surface area contributed by atoms with Crippen LogP contribution in [0.25, 0.3) is 0 Å². The van der Waals surface area contributed by atoms with E-state index in [2.05, 4.69) is 39.4 Å². The third-order valence-electron chi connectivity index (χ3n) is 2.40. The van der Waals surface area contributed by atoms with Crippen molar-refractivity contribution in [2.75, 3.05) is 18.9 Å². The summed E-state index contributed by atoms with van der Waals surface area (Å²) in [7, 11) is 2.08. The minimum atomic E-state index is 0.811. The van der Waals surface area contributed by atoms with Crippen molar-refractivity contribution in [3.05, 3.63) is 35.1 Å². The molecule has 2 rings (SSSR count). The fourth-order valence-corrected chi connectivity index (χ4v) is 2.51. The van der Waals surface area contributed by atoms with Crippen molar-refractivity contribution in [1.29, 1.82) is 0 Å². The smallest absolute Gasteiger partial charge is 0.205 e. The fourth-order valence-electron chi connectivity index (χ4n) is 1.63. The Kier molecular flexibility index (Phi) is 4.60. The molecule has 0 spiro atoms. The maximum absolute atomic E-state index is 4.17. The largest absolute Gasteiger partial charge is 0.360 e. The fraction of sp³-hybridized carbons (Fsp3) is 0.417. The van der Waals surface area contributed by atoms with E-state index in [-0.39, 0.29) is 0 Å². The monoisotopic (exact) mass is 263 g/mol. The van der Waals surface area contributed by atoms with E-state index in [1.54, 1.807) is 11.3 Å². The number of nitrogens with zero attached hydrogens (tertiary/aromatic N) is 4. The first-order valence-corrected chi connectivity index (χ1v) is 6.73. The van der Waals surface area contributed by atoms with Crippen molar-refractivity contribution in [3.63, 3.8) is 0 Å². The quantitative estimate of drug-likeness (QED) is 0.864. The maximum Gasteiger partial charge on any atom is 0.205 e. The minimum absolute atomic E-state index is 0.811. The zero-order valence-corrected chi connectivity index (χ0v) is 11.4. The van der Waals surface area contributed by atoms with Crippen molar-refractivity contribution in [2.24, 2.45) is 0 Å². The van der Waals surface area contributed by atoms with Gasteiger partial charge in [-0.3, -0.25) is 9.88 Å². The van der Waals surface area contributed by atoms with E-state index in [1.807, 2.05) is 24.5 Å². The van der Waals surface area contributed by atoms with E-state index in [0.29, 0.717) is 0 Å². The van der Waals surface area contributed by atoms with Gasteiger partial charge in [-0.1, -0.05) is 11.3 Å². The predicted molar refractivity (Wildman–Crippen MR) is 73.5 cm³/mol. The summed E-state index contributed by atoms with van der Waals surface area (Å²) in [6, 6.07) is 4.06. The third kappa shape index (κ3) is 3.75. The zero-order chi connectivity index (χ0) is 12.8. The molecular formula is C12H17N5S. The van der Waals surface area contributed by atoms with Crippen LogP contribution in [0.4, 0.5) is 5.13 Å². The van der Waals surface area contributed by atoms with Crippen LogP contribution >= 0.6 is 11.3 Å². The van der Waals surface area contributed by atoms with Gasteiger partial charge in [0.05, 0.1) is 6.54 Å². The van der Waals surface area contributed by atoms with Crippen molar-refractivity contribution < 1.29 is 0 Å². The summed E-state index contributed by atoms with van der Waals surface area (Å²) >= 11 is 1.61. The second-order valence-corrected chi connectivity index (χ2v) is 5.12. The number of anilines is 1. The van der Waals surface area contributed by atoms with Gasteiger partial charge in [0.15, 0.2) is 0 Å². The van der Waals surface area contributed by atoms with Gasteiger partial charge in [-0.2, -0.15) is 0 Å². The molecule has 2 aromatic heterocycles. The van der Waals surface area contributed by atoms with Crippen LogP contribution in [-0.4, -0.2) is 33.7 Å². The van der Waals surface area contributed by atoms with Gasteiger partial charge in [-0.25, -0.2) is 0 Å². The van der Waals surface area contributed by atoms with E-state index in [1.165, 1.54) is 5.56 Å². The Morgan fingerprint density at radius 3 is 2.72 bits per heavy atom. The highest BCUT2D eigenvalue weighted by Crippen LogP contribution is 2.16. The van der Waals surface area contributed by atoms with Crippen LogP contribution in [0.2, 0.25) is 0 Å². The molecule has 0 bridgehead atoms. The first-order valence-electron chi connectivity index (χ1n) is 5.91. The van der Waals surface area contributed by atoms with Crippen molar-refractivity contribution in [2.45, 2.75) is 20.0 Å². The van der Waals surface area contributed by atoms with Gasteiger partial charge in [0.25, 0.3) is 0 Å². The highest BCUT2D eigenvalue weighted by atomic mass is 32.1. The Morgan fingerprint density at radius 2 is 2.00 bits per heavy atom. The molecule has 0 fully saturated rings. The molecule has 0 aliphatic heterocycles. The first kappa shape index (κ1) is 12.9. The summed E-state index contributed by atoms with van der Waals surface area (Å²) in [6.45, 7) is 4.63. The van der Waals surface area contributed by atoms with Gasteiger partial charge in [0.2, 0.25) is 5.13 Å². The van der Waals surface area contributed by atoms with E-state index in [9.17, 15) is 0 Å². The Hall–Kier alpha value is -1.53. The van der Waals surface area contributed by atoms with Crippen molar-refractivity contribution >= 4 is 16.5 Å². The molecule has 0 atom stereocenters. The molecule has 0 saturated heterocycles. The second-order valence-electron chi connectivity index (χ2n) is 4.06. The molecule has 0 aromatic carbocycles. The van der Waals surface area contributed by atoms with Gasteiger partial charge in [-0.15, -0.1) is 10.2 Å². The molecular weight excluding hydrogens is 246 g/mol. The Morgan fingerprint density at radius 1 is 1.22 bits per heavy atom. The topological polar surface area (TPSA) is 53.9 Å². The average Bonchev–Trinajstić information content (AvgIpc) is 2.78. The van der Waals surface area contributed by atoms with Gasteiger partial charge in [0, 0.05) is 25.5 Å². The number of pyridine rings is 1. The molecule has 0 radical (unpaired) electrons. The Labute approximate surface area is 111 Å². The summed E-state index contributed by atoms with van der Waals surface area (Å²) in [5.41, 5.74) is 1.25. The minimum Gasteiger partial charge on any atom is -0.360 e. The number of hydrogen-bond acceptors (Lipinski definition) is 6. The highest BCUT2D eigenvalue weighted by Gasteiger charge is 2.07. The average molecular weight is 263 g/mol. The lowest BCUT2D eigenvalue weighted by Crippen LogP contribution is -2.17. The molecule has 1 N–H and O–H groups in total. The number of aromatic nitrogens is 3. The van der Waals surface area contributed by atoms with Crippen LogP contribution in [0.3, 0.4) is 0 Å². The van der Waals surface area contributed by atoms with Crippen LogP contribution in [0.15, 0.2) is 24.5 Å². The summed E-state index contributed by atoms with van der Waals surface area (Å²) in [5, 5.41) is 13.3. The van der Waals surface area contributed by atoms with Gasteiger partial charge < -0.3 is 5.32 Å². The van der Waals surface area contributed by atoms with Crippen LogP contribution in [0.1, 0.15) is 17.5 Å². The lowest BCUT2D eigenvalue weighted by Gasteiger charge is -2.14. The molecule has 6 heteroatoms. The highest BCUT2D eigenvalue weighted by molar-refractivity contribution is 7.15. The van der Waals surface area contributed by atoms with E-state index in [4.69, 9.17) is 0 Å². The van der Waals surface area contributed by atoms with E-state index < -0.39 is 0 Å². The predicted octanol–water partition coefficient (Wildman–Crippen LogP) is 2.00. The van der Waals surface area contributed by atoms with Crippen molar-refractivity contribution in [3.8, 4) is 0 Å². The normalized spacial score (nSPS) is 10.8. The molecule has 2 heterocycles.